The summed E-state index contributed by atoms with van der Waals surface area (Å²) in [6.07, 6.45) is 1.56. The Hall–Kier alpha value is -1.02. The Morgan fingerprint density at radius 3 is 2.93 bits per heavy atom. The summed E-state index contributed by atoms with van der Waals surface area (Å²) in [5.74, 6) is 1.42. The van der Waals surface area contributed by atoms with Gasteiger partial charge in [0.1, 0.15) is 5.75 Å². The zero-order chi connectivity index (χ0) is 10.8. The summed E-state index contributed by atoms with van der Waals surface area (Å²) >= 11 is 0. The highest BCUT2D eigenvalue weighted by atomic mass is 16.5. The Labute approximate surface area is 90.9 Å². The van der Waals surface area contributed by atoms with E-state index in [2.05, 4.69) is 25.1 Å². The highest BCUT2D eigenvalue weighted by Gasteiger charge is 2.20. The van der Waals surface area contributed by atoms with Gasteiger partial charge in [0.15, 0.2) is 0 Å². The van der Waals surface area contributed by atoms with Crippen LogP contribution in [0.4, 0.5) is 0 Å². The van der Waals surface area contributed by atoms with E-state index in [9.17, 15) is 5.11 Å². The van der Waals surface area contributed by atoms with Crippen molar-refractivity contribution in [2.75, 3.05) is 6.61 Å². The van der Waals surface area contributed by atoms with Gasteiger partial charge in [0.2, 0.25) is 0 Å². The third-order valence-electron chi connectivity index (χ3n) is 2.97. The normalized spacial score (nSPS) is 18.1. The second kappa shape index (κ2) is 4.23. The molecule has 0 radical (unpaired) electrons. The molecule has 2 heteroatoms. The third kappa shape index (κ3) is 2.15. The molecule has 1 aromatic rings. The van der Waals surface area contributed by atoms with Crippen LogP contribution in [-0.4, -0.2) is 17.8 Å². The van der Waals surface area contributed by atoms with Crippen LogP contribution in [0.3, 0.4) is 0 Å². The van der Waals surface area contributed by atoms with Gasteiger partial charge in [-0.3, -0.25) is 0 Å². The van der Waals surface area contributed by atoms with Crippen LogP contribution in [0.25, 0.3) is 0 Å². The largest absolute Gasteiger partial charge is 0.493 e. The maximum absolute atomic E-state index is 9.39. The number of hydrogen-bond acceptors (Lipinski definition) is 2. The average molecular weight is 206 g/mol. The second-order valence-electron chi connectivity index (χ2n) is 4.42. The number of fused-ring (bicyclic) bond motifs is 1. The molecule has 1 aliphatic rings. The van der Waals surface area contributed by atoms with Gasteiger partial charge in [0.05, 0.1) is 12.7 Å². The van der Waals surface area contributed by atoms with Gasteiger partial charge in [0.25, 0.3) is 0 Å². The Kier molecular flexibility index (Phi) is 2.96. The molecule has 82 valence electrons. The fraction of sp³-hybridized carbons (Fsp3) is 0.538. The van der Waals surface area contributed by atoms with E-state index in [4.69, 9.17) is 4.74 Å². The summed E-state index contributed by atoms with van der Waals surface area (Å²) in [4.78, 5) is 0. The molecule has 0 amide bonds. The van der Waals surface area contributed by atoms with Gasteiger partial charge < -0.3 is 9.84 Å². The third-order valence-corrected chi connectivity index (χ3v) is 2.97. The molecule has 0 saturated heterocycles. The molecule has 0 aliphatic carbocycles. The average Bonchev–Trinajstić information content (AvgIpc) is 2.63. The SMILES string of the molecule is CC(O)CC(C)c1cccc2c1OCC2. The lowest BCUT2D eigenvalue weighted by molar-refractivity contribution is 0.176. The van der Waals surface area contributed by atoms with Crippen molar-refractivity contribution >= 4 is 0 Å². The van der Waals surface area contributed by atoms with Gasteiger partial charge in [-0.05, 0) is 30.4 Å². The fourth-order valence-corrected chi connectivity index (χ4v) is 2.27. The summed E-state index contributed by atoms with van der Waals surface area (Å²) < 4.78 is 5.65. The van der Waals surface area contributed by atoms with Crippen molar-refractivity contribution in [1.82, 2.24) is 0 Å². The van der Waals surface area contributed by atoms with Crippen molar-refractivity contribution in [3.63, 3.8) is 0 Å². The molecule has 2 nitrogen and oxygen atoms in total. The predicted octanol–water partition coefficient (Wildman–Crippen LogP) is 2.50. The molecule has 1 heterocycles. The Morgan fingerprint density at radius 1 is 1.40 bits per heavy atom. The highest BCUT2D eigenvalue weighted by molar-refractivity contribution is 5.45. The van der Waals surface area contributed by atoms with Crippen LogP contribution in [-0.2, 0) is 6.42 Å². The van der Waals surface area contributed by atoms with Gasteiger partial charge in [-0.25, -0.2) is 0 Å². The lowest BCUT2D eigenvalue weighted by Crippen LogP contribution is -2.06. The van der Waals surface area contributed by atoms with E-state index in [0.29, 0.717) is 5.92 Å². The van der Waals surface area contributed by atoms with E-state index in [-0.39, 0.29) is 6.10 Å². The van der Waals surface area contributed by atoms with Gasteiger partial charge in [-0.2, -0.15) is 0 Å². The van der Waals surface area contributed by atoms with Crippen molar-refractivity contribution in [1.29, 1.82) is 0 Å². The molecular weight excluding hydrogens is 188 g/mol. The van der Waals surface area contributed by atoms with E-state index in [1.165, 1.54) is 11.1 Å². The lowest BCUT2D eigenvalue weighted by Gasteiger charge is -2.16. The van der Waals surface area contributed by atoms with Crippen LogP contribution >= 0.6 is 0 Å². The van der Waals surface area contributed by atoms with E-state index in [1.54, 1.807) is 0 Å². The van der Waals surface area contributed by atoms with Crippen LogP contribution in [0.2, 0.25) is 0 Å². The first-order valence-electron chi connectivity index (χ1n) is 5.61. The van der Waals surface area contributed by atoms with Crippen molar-refractivity contribution < 1.29 is 9.84 Å². The minimum absolute atomic E-state index is 0.253. The maximum Gasteiger partial charge on any atom is 0.126 e. The van der Waals surface area contributed by atoms with Crippen LogP contribution in [0.5, 0.6) is 5.75 Å². The second-order valence-corrected chi connectivity index (χ2v) is 4.42. The molecule has 0 aromatic heterocycles. The fourth-order valence-electron chi connectivity index (χ4n) is 2.27. The van der Waals surface area contributed by atoms with E-state index < -0.39 is 0 Å². The molecule has 0 fully saturated rings. The summed E-state index contributed by atoms with van der Waals surface area (Å²) in [5, 5.41) is 9.39. The van der Waals surface area contributed by atoms with Gasteiger partial charge in [-0.1, -0.05) is 25.1 Å². The van der Waals surface area contributed by atoms with Crippen LogP contribution < -0.4 is 4.74 Å². The number of benzene rings is 1. The molecule has 2 atom stereocenters. The number of para-hydroxylation sites is 1. The summed E-state index contributed by atoms with van der Waals surface area (Å²) in [6.45, 7) is 4.78. The number of aliphatic hydroxyl groups is 1. The minimum atomic E-state index is -0.253. The quantitative estimate of drug-likeness (QED) is 0.823. The van der Waals surface area contributed by atoms with Gasteiger partial charge in [-0.15, -0.1) is 0 Å². The molecule has 2 rings (SSSR count). The molecular formula is C13H18O2. The zero-order valence-corrected chi connectivity index (χ0v) is 9.36. The molecule has 1 aromatic carbocycles. The first-order chi connectivity index (χ1) is 7.18. The van der Waals surface area contributed by atoms with Crippen LogP contribution in [0, 0.1) is 0 Å². The number of ether oxygens (including phenoxy) is 1. The molecule has 2 unspecified atom stereocenters. The van der Waals surface area contributed by atoms with Crippen molar-refractivity contribution in [3.8, 4) is 5.75 Å². The number of aliphatic hydroxyl groups excluding tert-OH is 1. The van der Waals surface area contributed by atoms with Crippen LogP contribution in [0.15, 0.2) is 18.2 Å². The van der Waals surface area contributed by atoms with Crippen LogP contribution in [0.1, 0.15) is 37.3 Å². The van der Waals surface area contributed by atoms with E-state index in [1.807, 2.05) is 6.92 Å². The summed E-state index contributed by atoms with van der Waals surface area (Å²) in [5.41, 5.74) is 2.55. The predicted molar refractivity (Wildman–Crippen MR) is 60.4 cm³/mol. The molecule has 0 spiro atoms. The van der Waals surface area contributed by atoms with Crippen molar-refractivity contribution in [2.24, 2.45) is 0 Å². The molecule has 1 N–H and O–H groups in total. The van der Waals surface area contributed by atoms with Crippen molar-refractivity contribution in [3.05, 3.63) is 29.3 Å². The summed E-state index contributed by atoms with van der Waals surface area (Å²) in [7, 11) is 0. The molecule has 0 bridgehead atoms. The topological polar surface area (TPSA) is 29.5 Å². The van der Waals surface area contributed by atoms with Crippen molar-refractivity contribution in [2.45, 2.75) is 38.7 Å². The Balaban J connectivity index is 2.24. The number of rotatable bonds is 3. The lowest BCUT2D eigenvalue weighted by atomic mass is 9.93. The first-order valence-corrected chi connectivity index (χ1v) is 5.61. The first kappa shape index (κ1) is 10.5. The number of hydrogen-bond donors (Lipinski definition) is 1. The Morgan fingerprint density at radius 2 is 2.20 bits per heavy atom. The smallest absolute Gasteiger partial charge is 0.126 e. The maximum atomic E-state index is 9.39. The zero-order valence-electron chi connectivity index (χ0n) is 9.36. The van der Waals surface area contributed by atoms with E-state index >= 15 is 0 Å². The highest BCUT2D eigenvalue weighted by Crippen LogP contribution is 2.35. The molecule has 0 saturated carbocycles. The molecule has 1 aliphatic heterocycles. The summed E-state index contributed by atoms with van der Waals surface area (Å²) in [6, 6.07) is 6.32. The molecule has 15 heavy (non-hydrogen) atoms. The Bertz CT molecular complexity index is 344. The monoisotopic (exact) mass is 206 g/mol. The van der Waals surface area contributed by atoms with Gasteiger partial charge in [0, 0.05) is 6.42 Å². The standard InChI is InChI=1S/C13H18O2/c1-9(8-10(2)14)12-5-3-4-11-6-7-15-13(11)12/h3-5,9-10,14H,6-8H2,1-2H3. The minimum Gasteiger partial charge on any atom is -0.493 e. The van der Waals surface area contributed by atoms with E-state index in [0.717, 1.165) is 25.2 Å². The van der Waals surface area contributed by atoms with Gasteiger partial charge >= 0.3 is 0 Å².